The lowest BCUT2D eigenvalue weighted by molar-refractivity contribution is -0.140. The lowest BCUT2D eigenvalue weighted by Crippen LogP contribution is -2.43. The molecular weight excluding hydrogens is 330 g/mol. The Kier molecular flexibility index (Phi) is 4.10. The number of carbonyl (C=O) groups excluding carboxylic acids is 1. The number of aliphatic carboxylic acids is 1. The number of aliphatic hydroxyl groups is 1. The molecule has 0 fully saturated rings. The first-order valence-corrected chi connectivity index (χ1v) is 6.56. The van der Waals surface area contributed by atoms with E-state index in [9.17, 15) is 9.59 Å². The van der Waals surface area contributed by atoms with Crippen LogP contribution in [0.4, 0.5) is 0 Å². The molecule has 0 bridgehead atoms. The highest BCUT2D eigenvalue weighted by molar-refractivity contribution is 9.10. The zero-order valence-electron chi connectivity index (χ0n) is 10.5. The molecule has 0 aliphatic heterocycles. The van der Waals surface area contributed by atoms with Crippen molar-refractivity contribution in [2.24, 2.45) is 0 Å². The van der Waals surface area contributed by atoms with Gasteiger partial charge < -0.3 is 19.9 Å². The van der Waals surface area contributed by atoms with Gasteiger partial charge in [-0.05, 0) is 25.1 Å². The van der Waals surface area contributed by atoms with Gasteiger partial charge in [-0.2, -0.15) is 0 Å². The first-order valence-electron chi connectivity index (χ1n) is 5.77. The van der Waals surface area contributed by atoms with Gasteiger partial charge in [-0.3, -0.25) is 4.79 Å². The molecular formula is C13H12BrNO5. The Labute approximate surface area is 122 Å². The van der Waals surface area contributed by atoms with Crippen LogP contribution >= 0.6 is 15.9 Å². The van der Waals surface area contributed by atoms with Gasteiger partial charge in [-0.1, -0.05) is 15.9 Å². The zero-order valence-corrected chi connectivity index (χ0v) is 12.1. The van der Waals surface area contributed by atoms with Crippen molar-refractivity contribution in [2.45, 2.75) is 13.0 Å². The number of nitrogens with one attached hydrogen (secondary N) is 1. The van der Waals surface area contributed by atoms with Gasteiger partial charge in [-0.15, -0.1) is 0 Å². The summed E-state index contributed by atoms with van der Waals surface area (Å²) in [6.45, 7) is 1.02. The predicted octanol–water partition coefficient (Wildman–Crippen LogP) is 1.68. The fraction of sp³-hybridized carbons (Fsp3) is 0.231. The fourth-order valence-corrected chi connectivity index (χ4v) is 2.18. The second-order valence-electron chi connectivity index (χ2n) is 4.24. The quantitative estimate of drug-likeness (QED) is 0.785. The number of fused-ring (bicyclic) bond motifs is 1. The smallest absolute Gasteiger partial charge is 0.328 e. The first kappa shape index (κ1) is 14.5. The molecule has 6 nitrogen and oxygen atoms in total. The van der Waals surface area contributed by atoms with Crippen LogP contribution in [0.2, 0.25) is 0 Å². The maximum Gasteiger partial charge on any atom is 0.328 e. The summed E-state index contributed by atoms with van der Waals surface area (Å²) in [5.74, 6) is -1.94. The minimum Gasteiger partial charge on any atom is -0.480 e. The van der Waals surface area contributed by atoms with Crippen molar-refractivity contribution in [1.82, 2.24) is 5.32 Å². The molecule has 7 heteroatoms. The van der Waals surface area contributed by atoms with Crippen LogP contribution in [-0.2, 0) is 4.79 Å². The third-order valence-electron chi connectivity index (χ3n) is 2.89. The molecule has 0 saturated carbocycles. The minimum absolute atomic E-state index is 0.0396. The van der Waals surface area contributed by atoms with Crippen LogP contribution in [-0.4, -0.2) is 34.7 Å². The molecule has 1 unspecified atom stereocenters. The highest BCUT2D eigenvalue weighted by Gasteiger charge is 2.24. The Hall–Kier alpha value is -1.86. The van der Waals surface area contributed by atoms with Gasteiger partial charge in [0.05, 0.1) is 6.61 Å². The SMILES string of the molecule is Cc1c(C(=O)NC(CO)C(=O)O)oc2ccc(Br)cc12. The first-order chi connectivity index (χ1) is 9.43. The summed E-state index contributed by atoms with van der Waals surface area (Å²) in [6, 6.07) is 3.94. The van der Waals surface area contributed by atoms with Gasteiger partial charge >= 0.3 is 5.97 Å². The zero-order chi connectivity index (χ0) is 14.9. The van der Waals surface area contributed by atoms with Gasteiger partial charge in [0.2, 0.25) is 0 Å². The number of furan rings is 1. The van der Waals surface area contributed by atoms with Crippen molar-refractivity contribution in [1.29, 1.82) is 0 Å². The van der Waals surface area contributed by atoms with E-state index in [0.717, 1.165) is 9.86 Å². The lowest BCUT2D eigenvalue weighted by atomic mass is 10.1. The predicted molar refractivity (Wildman–Crippen MR) is 74.6 cm³/mol. The van der Waals surface area contributed by atoms with E-state index in [0.29, 0.717) is 11.1 Å². The topological polar surface area (TPSA) is 99.8 Å². The minimum atomic E-state index is -1.36. The third kappa shape index (κ3) is 2.68. The monoisotopic (exact) mass is 341 g/mol. The van der Waals surface area contributed by atoms with Gasteiger partial charge in [0.1, 0.15) is 5.58 Å². The molecule has 0 aliphatic rings. The molecule has 0 aliphatic carbocycles. The molecule has 1 heterocycles. The van der Waals surface area contributed by atoms with E-state index in [1.165, 1.54) is 0 Å². The summed E-state index contributed by atoms with van der Waals surface area (Å²) in [7, 11) is 0. The number of amides is 1. The van der Waals surface area contributed by atoms with E-state index in [1.54, 1.807) is 19.1 Å². The van der Waals surface area contributed by atoms with Gasteiger partial charge in [0, 0.05) is 15.4 Å². The van der Waals surface area contributed by atoms with Crippen molar-refractivity contribution in [2.75, 3.05) is 6.61 Å². The van der Waals surface area contributed by atoms with Crippen LogP contribution in [0.1, 0.15) is 16.1 Å². The van der Waals surface area contributed by atoms with Gasteiger partial charge in [-0.25, -0.2) is 4.79 Å². The van der Waals surface area contributed by atoms with E-state index in [2.05, 4.69) is 21.2 Å². The van der Waals surface area contributed by atoms with Crippen molar-refractivity contribution < 1.29 is 24.2 Å². The summed E-state index contributed by atoms with van der Waals surface area (Å²) >= 11 is 3.33. The number of hydrogen-bond acceptors (Lipinski definition) is 4. The molecule has 3 N–H and O–H groups in total. The Morgan fingerprint density at radius 1 is 1.45 bits per heavy atom. The number of aryl methyl sites for hydroxylation is 1. The van der Waals surface area contributed by atoms with Crippen LogP contribution in [0.25, 0.3) is 11.0 Å². The highest BCUT2D eigenvalue weighted by Crippen LogP contribution is 2.28. The van der Waals surface area contributed by atoms with Gasteiger partial charge in [0.25, 0.3) is 5.91 Å². The molecule has 1 aromatic carbocycles. The third-order valence-corrected chi connectivity index (χ3v) is 3.38. The largest absolute Gasteiger partial charge is 0.480 e. The number of carbonyl (C=O) groups is 2. The van der Waals surface area contributed by atoms with E-state index in [1.807, 2.05) is 6.07 Å². The Balaban J connectivity index is 2.35. The molecule has 106 valence electrons. The highest BCUT2D eigenvalue weighted by atomic mass is 79.9. The van der Waals surface area contributed by atoms with E-state index < -0.39 is 24.5 Å². The molecule has 1 amide bonds. The molecule has 1 aromatic heterocycles. The van der Waals surface area contributed by atoms with Crippen LogP contribution in [0, 0.1) is 6.92 Å². The van der Waals surface area contributed by atoms with Crippen LogP contribution in [0.15, 0.2) is 27.1 Å². The number of halogens is 1. The number of carboxylic acid groups (broad SMARTS) is 1. The van der Waals surface area contributed by atoms with Crippen molar-refractivity contribution in [3.05, 3.63) is 34.0 Å². The van der Waals surface area contributed by atoms with E-state index >= 15 is 0 Å². The molecule has 0 saturated heterocycles. The number of hydrogen-bond donors (Lipinski definition) is 3. The standard InChI is InChI=1S/C13H12BrNO5/c1-6-8-4-7(14)2-3-10(8)20-11(6)12(17)15-9(5-16)13(18)19/h2-4,9,16H,5H2,1H3,(H,15,17)(H,18,19). The van der Waals surface area contributed by atoms with Crippen LogP contribution < -0.4 is 5.32 Å². The molecule has 0 spiro atoms. The maximum atomic E-state index is 12.0. The van der Waals surface area contributed by atoms with E-state index in [-0.39, 0.29) is 5.76 Å². The fourth-order valence-electron chi connectivity index (χ4n) is 1.82. The Morgan fingerprint density at radius 2 is 2.15 bits per heavy atom. The number of benzene rings is 1. The summed E-state index contributed by atoms with van der Waals surface area (Å²) in [6.07, 6.45) is 0. The second-order valence-corrected chi connectivity index (χ2v) is 5.16. The number of aliphatic hydroxyl groups excluding tert-OH is 1. The van der Waals surface area contributed by atoms with Crippen molar-refractivity contribution >= 4 is 38.8 Å². The Morgan fingerprint density at radius 3 is 2.75 bits per heavy atom. The summed E-state index contributed by atoms with van der Waals surface area (Å²) < 4.78 is 6.28. The molecule has 0 radical (unpaired) electrons. The number of carboxylic acids is 1. The summed E-state index contributed by atoms with van der Waals surface area (Å²) in [5.41, 5.74) is 1.15. The Bertz CT molecular complexity index is 679. The number of rotatable bonds is 4. The average Bonchev–Trinajstić information content (AvgIpc) is 2.73. The summed E-state index contributed by atoms with van der Waals surface area (Å²) in [4.78, 5) is 22.8. The molecule has 1 atom stereocenters. The summed E-state index contributed by atoms with van der Waals surface area (Å²) in [5, 5.41) is 20.7. The maximum absolute atomic E-state index is 12.0. The second kappa shape index (κ2) is 5.64. The van der Waals surface area contributed by atoms with Crippen LogP contribution in [0.3, 0.4) is 0 Å². The average molecular weight is 342 g/mol. The van der Waals surface area contributed by atoms with Crippen molar-refractivity contribution in [3.8, 4) is 0 Å². The molecule has 2 rings (SSSR count). The lowest BCUT2D eigenvalue weighted by Gasteiger charge is -2.10. The molecule has 20 heavy (non-hydrogen) atoms. The normalized spacial score (nSPS) is 12.3. The molecule has 2 aromatic rings. The van der Waals surface area contributed by atoms with Crippen molar-refractivity contribution in [3.63, 3.8) is 0 Å². The van der Waals surface area contributed by atoms with Gasteiger partial charge in [0.15, 0.2) is 11.8 Å². The van der Waals surface area contributed by atoms with E-state index in [4.69, 9.17) is 14.6 Å². The van der Waals surface area contributed by atoms with Crippen LogP contribution in [0.5, 0.6) is 0 Å².